The average Bonchev–Trinajstić information content (AvgIpc) is 3.49. The van der Waals surface area contributed by atoms with E-state index < -0.39 is 47.9 Å². The van der Waals surface area contributed by atoms with E-state index in [9.17, 15) is 24.3 Å². The lowest BCUT2D eigenvalue weighted by Gasteiger charge is -2.27. The molecule has 0 aliphatic carbocycles. The number of hydrogen-bond donors (Lipinski definition) is 7. The molecule has 2 aromatic heterocycles. The molecular weight excluding hydrogens is 468 g/mol. The molecule has 2 heterocycles. The van der Waals surface area contributed by atoms with Gasteiger partial charge in [0.05, 0.1) is 18.7 Å². The van der Waals surface area contributed by atoms with Crippen molar-refractivity contribution in [2.75, 3.05) is 0 Å². The van der Waals surface area contributed by atoms with Crippen molar-refractivity contribution in [3.05, 3.63) is 36.4 Å². The van der Waals surface area contributed by atoms with E-state index in [0.29, 0.717) is 17.8 Å². The van der Waals surface area contributed by atoms with Crippen molar-refractivity contribution in [1.29, 1.82) is 0 Å². The summed E-state index contributed by atoms with van der Waals surface area (Å²) in [5, 5.41) is 17.4. The number of amides is 3. The van der Waals surface area contributed by atoms with Crippen LogP contribution in [0.15, 0.2) is 25.0 Å². The number of hydrogen-bond acceptors (Lipinski definition) is 7. The summed E-state index contributed by atoms with van der Waals surface area (Å²) in [6.45, 7) is 7.25. The molecule has 2 rings (SSSR count). The fraction of sp³-hybridized carbons (Fsp3) is 0.565. The predicted octanol–water partition coefficient (Wildman–Crippen LogP) is -0.514. The topological polar surface area (TPSA) is 208 Å². The number of nitrogens with one attached hydrogen (secondary N) is 5. The number of carboxylic acids is 1. The summed E-state index contributed by atoms with van der Waals surface area (Å²) in [5.74, 6) is -3.23. The first kappa shape index (κ1) is 28.5. The molecule has 0 spiro atoms. The maximum Gasteiger partial charge on any atom is 0.326 e. The second-order valence-electron chi connectivity index (χ2n) is 9.49. The lowest BCUT2D eigenvalue weighted by molar-refractivity contribution is -0.142. The number of carbonyl (C=O) groups is 4. The Morgan fingerprint density at radius 3 is 1.89 bits per heavy atom. The number of nitrogens with two attached hydrogens (primary N) is 1. The number of aromatic amines is 2. The fourth-order valence-corrected chi connectivity index (χ4v) is 3.57. The van der Waals surface area contributed by atoms with Gasteiger partial charge in [0.25, 0.3) is 0 Å². The lowest BCUT2D eigenvalue weighted by atomic mass is 9.99. The van der Waals surface area contributed by atoms with Gasteiger partial charge in [-0.05, 0) is 18.3 Å². The van der Waals surface area contributed by atoms with Crippen LogP contribution in [0.4, 0.5) is 0 Å². The minimum atomic E-state index is -1.22. The zero-order valence-corrected chi connectivity index (χ0v) is 20.9. The summed E-state index contributed by atoms with van der Waals surface area (Å²) >= 11 is 0. The predicted molar refractivity (Wildman–Crippen MR) is 130 cm³/mol. The third-order valence-electron chi connectivity index (χ3n) is 5.51. The Bertz CT molecular complexity index is 990. The van der Waals surface area contributed by atoms with Crippen LogP contribution >= 0.6 is 0 Å². The summed E-state index contributed by atoms with van der Waals surface area (Å²) in [6.07, 6.45) is 6.46. The average molecular weight is 505 g/mol. The molecule has 0 aliphatic heterocycles. The minimum Gasteiger partial charge on any atom is -0.480 e. The van der Waals surface area contributed by atoms with E-state index in [4.69, 9.17) is 5.73 Å². The number of carbonyl (C=O) groups excluding carboxylic acids is 3. The van der Waals surface area contributed by atoms with Crippen molar-refractivity contribution in [2.45, 2.75) is 71.1 Å². The van der Waals surface area contributed by atoms with E-state index in [1.54, 1.807) is 20.0 Å². The molecule has 0 aliphatic rings. The second-order valence-corrected chi connectivity index (χ2v) is 9.49. The van der Waals surface area contributed by atoms with Gasteiger partial charge in [0.2, 0.25) is 17.7 Å². The molecule has 0 fully saturated rings. The number of aromatic nitrogens is 4. The first-order valence-electron chi connectivity index (χ1n) is 11.8. The molecular formula is C23H36N8O5. The van der Waals surface area contributed by atoms with Crippen LogP contribution in [0.1, 0.15) is 45.5 Å². The highest BCUT2D eigenvalue weighted by molar-refractivity contribution is 5.94. The van der Waals surface area contributed by atoms with Gasteiger partial charge < -0.3 is 36.8 Å². The summed E-state index contributed by atoms with van der Waals surface area (Å²) in [5.41, 5.74) is 7.23. The maximum absolute atomic E-state index is 13.2. The lowest BCUT2D eigenvalue weighted by Crippen LogP contribution is -2.59. The first-order chi connectivity index (χ1) is 17.0. The van der Waals surface area contributed by atoms with Crippen molar-refractivity contribution in [3.63, 3.8) is 0 Å². The van der Waals surface area contributed by atoms with Crippen molar-refractivity contribution in [3.8, 4) is 0 Å². The van der Waals surface area contributed by atoms with Crippen LogP contribution in [0.2, 0.25) is 0 Å². The summed E-state index contributed by atoms with van der Waals surface area (Å²) < 4.78 is 0. The molecule has 198 valence electrons. The third kappa shape index (κ3) is 8.80. The van der Waals surface area contributed by atoms with Crippen LogP contribution < -0.4 is 21.7 Å². The molecule has 0 saturated carbocycles. The highest BCUT2D eigenvalue weighted by atomic mass is 16.4. The van der Waals surface area contributed by atoms with Gasteiger partial charge in [-0.25, -0.2) is 14.8 Å². The zero-order valence-electron chi connectivity index (χ0n) is 20.9. The maximum atomic E-state index is 13.2. The number of nitrogens with zero attached hydrogens (tertiary/aromatic N) is 2. The van der Waals surface area contributed by atoms with Crippen molar-refractivity contribution >= 4 is 23.7 Å². The van der Waals surface area contributed by atoms with Crippen molar-refractivity contribution < 1.29 is 24.3 Å². The molecule has 0 saturated heterocycles. The Hall–Kier alpha value is -3.74. The van der Waals surface area contributed by atoms with Gasteiger partial charge in [-0.15, -0.1) is 0 Å². The summed E-state index contributed by atoms with van der Waals surface area (Å²) in [4.78, 5) is 64.0. The van der Waals surface area contributed by atoms with E-state index in [1.165, 1.54) is 18.9 Å². The molecule has 13 heteroatoms. The van der Waals surface area contributed by atoms with Crippen molar-refractivity contribution in [1.82, 2.24) is 35.9 Å². The molecule has 2 aromatic rings. The van der Waals surface area contributed by atoms with Crippen molar-refractivity contribution in [2.24, 2.45) is 17.6 Å². The largest absolute Gasteiger partial charge is 0.480 e. The van der Waals surface area contributed by atoms with E-state index >= 15 is 0 Å². The highest BCUT2D eigenvalue weighted by Gasteiger charge is 2.32. The molecule has 4 unspecified atom stereocenters. The SMILES string of the molecule is CC(C)CC(NC(=O)C(N)Cc1cnc[nH]1)C(=O)NC(C(=O)NC(Cc1cnc[nH]1)C(=O)O)C(C)C. The van der Waals surface area contributed by atoms with E-state index in [0.717, 1.165) is 0 Å². The van der Waals surface area contributed by atoms with E-state index in [-0.39, 0.29) is 24.7 Å². The summed E-state index contributed by atoms with van der Waals surface area (Å²) in [6, 6.07) is -4.08. The number of rotatable bonds is 14. The van der Waals surface area contributed by atoms with Crippen LogP contribution in [-0.4, -0.2) is 72.9 Å². The van der Waals surface area contributed by atoms with Crippen LogP contribution in [0, 0.1) is 11.8 Å². The van der Waals surface area contributed by atoms with Gasteiger partial charge in [-0.1, -0.05) is 27.7 Å². The molecule has 3 amide bonds. The van der Waals surface area contributed by atoms with E-state index in [2.05, 4.69) is 35.9 Å². The Kier molecular flexibility index (Phi) is 10.6. The molecule has 8 N–H and O–H groups in total. The standard InChI is InChI=1S/C23H36N8O5/c1-12(2)5-17(29-20(32)16(24)6-14-8-25-10-27-14)21(33)31-19(13(3)4)22(34)30-18(23(35)36)7-15-9-26-11-28-15/h8-13,16-19H,5-7,24H2,1-4H3,(H,25,27)(H,26,28)(H,29,32)(H,30,34)(H,31,33)(H,35,36). The second kappa shape index (κ2) is 13.4. The molecule has 4 atom stereocenters. The number of carboxylic acid groups (broad SMARTS) is 1. The van der Waals surface area contributed by atoms with Gasteiger partial charge in [0.15, 0.2) is 0 Å². The Balaban J connectivity index is 2.07. The molecule has 0 radical (unpaired) electrons. The van der Waals surface area contributed by atoms with Gasteiger partial charge in [-0.2, -0.15) is 0 Å². The molecule has 36 heavy (non-hydrogen) atoms. The first-order valence-corrected chi connectivity index (χ1v) is 11.8. The van der Waals surface area contributed by atoms with Gasteiger partial charge in [-0.3, -0.25) is 14.4 Å². The normalized spacial score (nSPS) is 14.6. The zero-order chi connectivity index (χ0) is 26.8. The van der Waals surface area contributed by atoms with Gasteiger partial charge in [0, 0.05) is 36.6 Å². The molecule has 0 bridgehead atoms. The summed E-state index contributed by atoms with van der Waals surface area (Å²) in [7, 11) is 0. The van der Waals surface area contributed by atoms with Gasteiger partial charge >= 0.3 is 5.97 Å². The molecule has 0 aromatic carbocycles. The number of imidazole rings is 2. The van der Waals surface area contributed by atoms with Crippen LogP contribution in [0.5, 0.6) is 0 Å². The van der Waals surface area contributed by atoms with Crippen LogP contribution in [0.25, 0.3) is 0 Å². The molecule has 13 nitrogen and oxygen atoms in total. The van der Waals surface area contributed by atoms with Gasteiger partial charge in [0.1, 0.15) is 18.1 Å². The highest BCUT2D eigenvalue weighted by Crippen LogP contribution is 2.10. The Morgan fingerprint density at radius 2 is 1.42 bits per heavy atom. The number of H-pyrrole nitrogens is 2. The third-order valence-corrected chi connectivity index (χ3v) is 5.51. The minimum absolute atomic E-state index is 0.0000862. The smallest absolute Gasteiger partial charge is 0.326 e. The van der Waals surface area contributed by atoms with Crippen LogP contribution in [-0.2, 0) is 32.0 Å². The quantitative estimate of drug-likeness (QED) is 0.178. The monoisotopic (exact) mass is 504 g/mol. The Labute approximate surface area is 209 Å². The Morgan fingerprint density at radius 1 is 0.861 bits per heavy atom. The number of aliphatic carboxylic acids is 1. The van der Waals surface area contributed by atoms with E-state index in [1.807, 2.05) is 13.8 Å². The fourth-order valence-electron chi connectivity index (χ4n) is 3.57. The van der Waals surface area contributed by atoms with Crippen LogP contribution in [0.3, 0.4) is 0 Å².